The normalized spacial score (nSPS) is 12.4. The Morgan fingerprint density at radius 3 is 2.65 bits per heavy atom. The molecule has 0 bridgehead atoms. The molecule has 0 aliphatic carbocycles. The Labute approximate surface area is 106 Å². The number of benzene rings is 1. The van der Waals surface area contributed by atoms with E-state index in [1.165, 1.54) is 0 Å². The minimum Gasteiger partial charge on any atom is -0.497 e. The van der Waals surface area contributed by atoms with Crippen molar-refractivity contribution in [3.63, 3.8) is 0 Å². The molecule has 4 nitrogen and oxygen atoms in total. The summed E-state index contributed by atoms with van der Waals surface area (Å²) in [5.41, 5.74) is 6.25. The fourth-order valence-electron chi connectivity index (χ4n) is 1.25. The molecule has 0 radical (unpaired) electrons. The lowest BCUT2D eigenvalue weighted by Crippen LogP contribution is -2.39. The minimum absolute atomic E-state index is 0.0689. The van der Waals surface area contributed by atoms with Crippen molar-refractivity contribution in [3.05, 3.63) is 23.2 Å². The molecule has 0 fully saturated rings. The van der Waals surface area contributed by atoms with Crippen molar-refractivity contribution >= 4 is 23.2 Å². The zero-order valence-electron chi connectivity index (χ0n) is 10.2. The molecule has 0 aliphatic rings. The van der Waals surface area contributed by atoms with Crippen LogP contribution >= 0.6 is 11.6 Å². The molecule has 1 amide bonds. The summed E-state index contributed by atoms with van der Waals surface area (Å²) in [6.07, 6.45) is 0. The highest BCUT2D eigenvalue weighted by Gasteiger charge is 2.18. The summed E-state index contributed by atoms with van der Waals surface area (Å²) in [7, 11) is 1.55. The number of hydrogen-bond donors (Lipinski definition) is 2. The molecule has 0 aliphatic heterocycles. The van der Waals surface area contributed by atoms with Gasteiger partial charge in [-0.05, 0) is 18.1 Å². The van der Waals surface area contributed by atoms with Crippen molar-refractivity contribution in [1.29, 1.82) is 0 Å². The number of nitrogens with two attached hydrogens (primary N) is 1. The molecule has 17 heavy (non-hydrogen) atoms. The Kier molecular flexibility index (Phi) is 4.78. The van der Waals surface area contributed by atoms with E-state index in [0.717, 1.165) is 0 Å². The second-order valence-corrected chi connectivity index (χ2v) is 4.51. The monoisotopic (exact) mass is 256 g/mol. The van der Waals surface area contributed by atoms with E-state index in [-0.39, 0.29) is 11.8 Å². The molecule has 0 saturated carbocycles. The van der Waals surface area contributed by atoms with Crippen molar-refractivity contribution in [1.82, 2.24) is 0 Å². The SMILES string of the molecule is COc1ccc(Cl)c(NC(=O)C(N)C(C)C)c1. The van der Waals surface area contributed by atoms with E-state index >= 15 is 0 Å². The molecule has 1 rings (SSSR count). The summed E-state index contributed by atoms with van der Waals surface area (Å²) in [4.78, 5) is 11.8. The number of rotatable bonds is 4. The summed E-state index contributed by atoms with van der Waals surface area (Å²) in [6, 6.07) is 4.49. The van der Waals surface area contributed by atoms with Crippen LogP contribution in [0.5, 0.6) is 5.75 Å². The third-order valence-corrected chi connectivity index (χ3v) is 2.78. The Hall–Kier alpha value is -1.26. The predicted octanol–water partition coefficient (Wildman–Crippen LogP) is 2.27. The maximum absolute atomic E-state index is 11.8. The van der Waals surface area contributed by atoms with E-state index < -0.39 is 6.04 Å². The van der Waals surface area contributed by atoms with Crippen LogP contribution in [0.15, 0.2) is 18.2 Å². The zero-order chi connectivity index (χ0) is 13.0. The first kappa shape index (κ1) is 13.8. The molecule has 1 aromatic rings. The zero-order valence-corrected chi connectivity index (χ0v) is 10.9. The van der Waals surface area contributed by atoms with E-state index in [0.29, 0.717) is 16.5 Å². The number of carbonyl (C=O) groups is 1. The number of ether oxygens (including phenoxy) is 1. The van der Waals surface area contributed by atoms with Crippen molar-refractivity contribution in [2.24, 2.45) is 11.7 Å². The van der Waals surface area contributed by atoms with Gasteiger partial charge in [0.25, 0.3) is 0 Å². The molecule has 0 spiro atoms. The van der Waals surface area contributed by atoms with Crippen LogP contribution in [0.4, 0.5) is 5.69 Å². The van der Waals surface area contributed by atoms with Gasteiger partial charge in [-0.15, -0.1) is 0 Å². The van der Waals surface area contributed by atoms with Crippen molar-refractivity contribution in [2.75, 3.05) is 12.4 Å². The lowest BCUT2D eigenvalue weighted by molar-refractivity contribution is -0.118. The topological polar surface area (TPSA) is 64.3 Å². The van der Waals surface area contributed by atoms with Crippen LogP contribution in [0, 0.1) is 5.92 Å². The molecule has 0 heterocycles. The number of nitrogens with one attached hydrogen (secondary N) is 1. The van der Waals surface area contributed by atoms with Gasteiger partial charge < -0.3 is 15.8 Å². The largest absolute Gasteiger partial charge is 0.497 e. The van der Waals surface area contributed by atoms with Crippen LogP contribution in [-0.4, -0.2) is 19.1 Å². The summed E-state index contributed by atoms with van der Waals surface area (Å²) in [5.74, 6) is 0.442. The van der Waals surface area contributed by atoms with Crippen molar-refractivity contribution < 1.29 is 9.53 Å². The second-order valence-electron chi connectivity index (χ2n) is 4.10. The first-order chi connectivity index (χ1) is 7.95. The number of carbonyl (C=O) groups excluding carboxylic acids is 1. The molecule has 0 saturated heterocycles. The van der Waals surface area contributed by atoms with Crippen LogP contribution in [-0.2, 0) is 4.79 Å². The third-order valence-electron chi connectivity index (χ3n) is 2.45. The maximum atomic E-state index is 11.8. The first-order valence-electron chi connectivity index (χ1n) is 5.35. The van der Waals surface area contributed by atoms with Gasteiger partial charge in [-0.1, -0.05) is 25.4 Å². The van der Waals surface area contributed by atoms with E-state index in [2.05, 4.69) is 5.32 Å². The average Bonchev–Trinajstić information content (AvgIpc) is 2.30. The predicted molar refractivity (Wildman–Crippen MR) is 69.4 cm³/mol. The number of methoxy groups -OCH3 is 1. The Morgan fingerprint density at radius 1 is 1.47 bits per heavy atom. The molecule has 1 atom stereocenters. The van der Waals surface area contributed by atoms with Gasteiger partial charge in [0.2, 0.25) is 5.91 Å². The van der Waals surface area contributed by atoms with Gasteiger partial charge in [-0.25, -0.2) is 0 Å². The highest BCUT2D eigenvalue weighted by molar-refractivity contribution is 6.33. The molecule has 1 aromatic carbocycles. The van der Waals surface area contributed by atoms with Gasteiger partial charge in [0.05, 0.1) is 23.9 Å². The lowest BCUT2D eigenvalue weighted by atomic mass is 10.0. The van der Waals surface area contributed by atoms with Crippen LogP contribution in [0.3, 0.4) is 0 Å². The minimum atomic E-state index is -0.558. The molecule has 94 valence electrons. The third kappa shape index (κ3) is 3.61. The molecular formula is C12H17ClN2O2. The van der Waals surface area contributed by atoms with Gasteiger partial charge >= 0.3 is 0 Å². The highest BCUT2D eigenvalue weighted by Crippen LogP contribution is 2.26. The van der Waals surface area contributed by atoms with E-state index in [1.54, 1.807) is 25.3 Å². The van der Waals surface area contributed by atoms with E-state index in [4.69, 9.17) is 22.1 Å². The number of halogens is 1. The second kappa shape index (κ2) is 5.89. The molecule has 5 heteroatoms. The van der Waals surface area contributed by atoms with Gasteiger partial charge in [0, 0.05) is 6.07 Å². The Balaban J connectivity index is 2.84. The number of hydrogen-bond acceptors (Lipinski definition) is 3. The maximum Gasteiger partial charge on any atom is 0.241 e. The van der Waals surface area contributed by atoms with E-state index in [9.17, 15) is 4.79 Å². The van der Waals surface area contributed by atoms with Gasteiger partial charge in [-0.2, -0.15) is 0 Å². The van der Waals surface area contributed by atoms with Gasteiger partial charge in [-0.3, -0.25) is 4.79 Å². The quantitative estimate of drug-likeness (QED) is 0.869. The number of anilines is 1. The standard InChI is InChI=1S/C12H17ClN2O2/c1-7(2)11(14)12(16)15-10-6-8(17-3)4-5-9(10)13/h4-7,11H,14H2,1-3H3,(H,15,16). The molecule has 1 unspecified atom stereocenters. The summed E-state index contributed by atoms with van der Waals surface area (Å²) in [5, 5.41) is 3.14. The average molecular weight is 257 g/mol. The summed E-state index contributed by atoms with van der Waals surface area (Å²) in [6.45, 7) is 3.77. The van der Waals surface area contributed by atoms with E-state index in [1.807, 2.05) is 13.8 Å². The molecular weight excluding hydrogens is 240 g/mol. The van der Waals surface area contributed by atoms with Crippen molar-refractivity contribution in [2.45, 2.75) is 19.9 Å². The van der Waals surface area contributed by atoms with Crippen LogP contribution in [0.2, 0.25) is 5.02 Å². The van der Waals surface area contributed by atoms with Gasteiger partial charge in [0.15, 0.2) is 0 Å². The smallest absolute Gasteiger partial charge is 0.241 e. The Bertz CT molecular complexity index is 407. The molecule has 0 aromatic heterocycles. The van der Waals surface area contributed by atoms with Crippen LogP contribution in [0.1, 0.15) is 13.8 Å². The molecule has 3 N–H and O–H groups in total. The van der Waals surface area contributed by atoms with Crippen LogP contribution in [0.25, 0.3) is 0 Å². The lowest BCUT2D eigenvalue weighted by Gasteiger charge is -2.16. The highest BCUT2D eigenvalue weighted by atomic mass is 35.5. The summed E-state index contributed by atoms with van der Waals surface area (Å²) < 4.78 is 5.06. The fourth-order valence-corrected chi connectivity index (χ4v) is 1.41. The fraction of sp³-hybridized carbons (Fsp3) is 0.417. The Morgan fingerprint density at radius 2 is 2.12 bits per heavy atom. The number of amides is 1. The van der Waals surface area contributed by atoms with Crippen molar-refractivity contribution in [3.8, 4) is 5.75 Å². The summed E-state index contributed by atoms with van der Waals surface area (Å²) >= 11 is 5.97. The first-order valence-corrected chi connectivity index (χ1v) is 5.73. The van der Waals surface area contributed by atoms with Crippen LogP contribution < -0.4 is 15.8 Å². The van der Waals surface area contributed by atoms with Gasteiger partial charge in [0.1, 0.15) is 5.75 Å².